The molecule has 1 N–H and O–H groups in total. The highest BCUT2D eigenvalue weighted by Gasteiger charge is 2.18. The van der Waals surface area contributed by atoms with E-state index in [0.717, 1.165) is 22.4 Å². The molecule has 0 aromatic heterocycles. The van der Waals surface area contributed by atoms with E-state index in [2.05, 4.69) is 5.32 Å². The van der Waals surface area contributed by atoms with Gasteiger partial charge in [-0.2, -0.15) is 0 Å². The minimum Gasteiger partial charge on any atom is -0.495 e. The molecule has 0 unspecified atom stereocenters. The third-order valence-corrected chi connectivity index (χ3v) is 3.97. The number of methoxy groups -OCH3 is 1. The van der Waals surface area contributed by atoms with Crippen LogP contribution in [0.4, 0.5) is 11.4 Å². The van der Waals surface area contributed by atoms with Crippen LogP contribution in [0.5, 0.6) is 5.75 Å². The first-order valence-corrected chi connectivity index (χ1v) is 8.11. The number of nitrogens with zero attached hydrogens (tertiary/aromatic N) is 1. The Kier molecular flexibility index (Phi) is 5.80. The first-order chi connectivity index (χ1) is 11.8. The second-order valence-electron chi connectivity index (χ2n) is 6.15. The summed E-state index contributed by atoms with van der Waals surface area (Å²) in [5.74, 6) is 0.125. The molecule has 0 aliphatic carbocycles. The predicted molar refractivity (Wildman–Crippen MR) is 100 cm³/mol. The van der Waals surface area contributed by atoms with Crippen LogP contribution in [-0.2, 0) is 9.59 Å². The van der Waals surface area contributed by atoms with Crippen LogP contribution < -0.4 is 15.0 Å². The lowest BCUT2D eigenvalue weighted by atomic mass is 10.1. The summed E-state index contributed by atoms with van der Waals surface area (Å²) in [5, 5.41) is 2.83. The van der Waals surface area contributed by atoms with E-state index in [1.165, 1.54) is 11.8 Å². The maximum absolute atomic E-state index is 12.5. The third-order valence-electron chi connectivity index (χ3n) is 3.97. The highest BCUT2D eigenvalue weighted by atomic mass is 16.5. The highest BCUT2D eigenvalue weighted by Crippen LogP contribution is 2.26. The number of amides is 2. The highest BCUT2D eigenvalue weighted by molar-refractivity contribution is 6.02. The number of benzene rings is 2. The second kappa shape index (κ2) is 7.83. The van der Waals surface area contributed by atoms with E-state index < -0.39 is 0 Å². The third kappa shape index (κ3) is 4.59. The molecule has 0 aliphatic rings. The van der Waals surface area contributed by atoms with Crippen molar-refractivity contribution >= 4 is 23.2 Å². The fourth-order valence-electron chi connectivity index (χ4n) is 2.63. The monoisotopic (exact) mass is 340 g/mol. The fraction of sp³-hybridized carbons (Fsp3) is 0.300. The first-order valence-electron chi connectivity index (χ1n) is 8.11. The molecule has 2 amide bonds. The zero-order valence-corrected chi connectivity index (χ0v) is 15.3. The van der Waals surface area contributed by atoms with E-state index >= 15 is 0 Å². The molecule has 0 bridgehead atoms. The van der Waals surface area contributed by atoms with Crippen molar-refractivity contribution in [1.82, 2.24) is 0 Å². The number of hydrogen-bond acceptors (Lipinski definition) is 3. The summed E-state index contributed by atoms with van der Waals surface area (Å²) in [5.41, 5.74) is 4.33. The first kappa shape index (κ1) is 18.5. The molecule has 0 fully saturated rings. The summed E-state index contributed by atoms with van der Waals surface area (Å²) in [6, 6.07) is 11.4. The largest absolute Gasteiger partial charge is 0.495 e. The van der Waals surface area contributed by atoms with E-state index in [1.54, 1.807) is 13.2 Å². The van der Waals surface area contributed by atoms with Crippen LogP contribution in [0.15, 0.2) is 36.4 Å². The molecule has 0 atom stereocenters. The van der Waals surface area contributed by atoms with Crippen molar-refractivity contribution in [2.24, 2.45) is 0 Å². The Morgan fingerprint density at radius 3 is 2.32 bits per heavy atom. The van der Waals surface area contributed by atoms with Crippen molar-refractivity contribution in [3.63, 3.8) is 0 Å². The number of hydrogen-bond donors (Lipinski definition) is 1. The molecule has 2 aromatic carbocycles. The molecule has 5 nitrogen and oxygen atoms in total. The van der Waals surface area contributed by atoms with Crippen LogP contribution >= 0.6 is 0 Å². The van der Waals surface area contributed by atoms with Crippen molar-refractivity contribution < 1.29 is 14.3 Å². The number of carbonyl (C=O) groups excluding carboxylic acids is 2. The summed E-state index contributed by atoms with van der Waals surface area (Å²) in [7, 11) is 1.55. The maximum atomic E-state index is 12.5. The number of nitrogens with one attached hydrogen (secondary N) is 1. The Labute approximate surface area is 148 Å². The average molecular weight is 340 g/mol. The van der Waals surface area contributed by atoms with Gasteiger partial charge in [-0.05, 0) is 55.7 Å². The van der Waals surface area contributed by atoms with Gasteiger partial charge in [0.25, 0.3) is 0 Å². The van der Waals surface area contributed by atoms with E-state index in [0.29, 0.717) is 11.4 Å². The summed E-state index contributed by atoms with van der Waals surface area (Å²) >= 11 is 0. The van der Waals surface area contributed by atoms with Crippen molar-refractivity contribution in [2.75, 3.05) is 23.9 Å². The van der Waals surface area contributed by atoms with Crippen LogP contribution in [0, 0.1) is 20.8 Å². The Balaban J connectivity index is 2.23. The van der Waals surface area contributed by atoms with Gasteiger partial charge in [0.1, 0.15) is 12.3 Å². The van der Waals surface area contributed by atoms with Gasteiger partial charge in [0.2, 0.25) is 11.8 Å². The Bertz CT molecular complexity index is 800. The quantitative estimate of drug-likeness (QED) is 0.904. The van der Waals surface area contributed by atoms with Gasteiger partial charge < -0.3 is 15.0 Å². The van der Waals surface area contributed by atoms with E-state index in [4.69, 9.17) is 4.74 Å². The minimum atomic E-state index is -0.278. The Hall–Kier alpha value is -2.82. The van der Waals surface area contributed by atoms with Gasteiger partial charge >= 0.3 is 0 Å². The number of carbonyl (C=O) groups is 2. The number of anilines is 2. The number of ether oxygens (including phenoxy) is 1. The molecule has 2 rings (SSSR count). The van der Waals surface area contributed by atoms with Gasteiger partial charge in [-0.25, -0.2) is 0 Å². The molecule has 132 valence electrons. The lowest BCUT2D eigenvalue weighted by Gasteiger charge is -2.23. The number of aryl methyl sites for hydroxylation is 3. The Morgan fingerprint density at radius 2 is 1.68 bits per heavy atom. The van der Waals surface area contributed by atoms with Crippen LogP contribution in [0.2, 0.25) is 0 Å². The zero-order chi connectivity index (χ0) is 18.6. The number of rotatable bonds is 5. The predicted octanol–water partition coefficient (Wildman–Crippen LogP) is 3.61. The van der Waals surface area contributed by atoms with Crippen molar-refractivity contribution in [1.29, 1.82) is 0 Å². The van der Waals surface area contributed by atoms with Crippen molar-refractivity contribution in [2.45, 2.75) is 27.7 Å². The van der Waals surface area contributed by atoms with Gasteiger partial charge in [-0.1, -0.05) is 18.2 Å². The van der Waals surface area contributed by atoms with Crippen molar-refractivity contribution in [3.8, 4) is 5.75 Å². The molecule has 0 aliphatic heterocycles. The molecule has 2 aromatic rings. The molecule has 0 heterocycles. The topological polar surface area (TPSA) is 58.6 Å². The lowest BCUT2D eigenvalue weighted by molar-refractivity contribution is -0.120. The SMILES string of the molecule is COc1ccc(C)cc1NC(=O)CN(C(C)=O)c1cc(C)ccc1C. The summed E-state index contributed by atoms with van der Waals surface area (Å²) in [6.07, 6.45) is 0. The second-order valence-corrected chi connectivity index (χ2v) is 6.15. The molecule has 0 spiro atoms. The molecule has 25 heavy (non-hydrogen) atoms. The van der Waals surface area contributed by atoms with E-state index in [-0.39, 0.29) is 18.4 Å². The fourth-order valence-corrected chi connectivity index (χ4v) is 2.63. The Morgan fingerprint density at radius 1 is 1.04 bits per heavy atom. The van der Waals surface area contributed by atoms with Gasteiger partial charge in [-0.3, -0.25) is 9.59 Å². The lowest BCUT2D eigenvalue weighted by Crippen LogP contribution is -2.37. The normalized spacial score (nSPS) is 10.3. The molecule has 0 saturated heterocycles. The summed E-state index contributed by atoms with van der Waals surface area (Å²) < 4.78 is 5.28. The smallest absolute Gasteiger partial charge is 0.244 e. The maximum Gasteiger partial charge on any atom is 0.244 e. The van der Waals surface area contributed by atoms with Gasteiger partial charge in [-0.15, -0.1) is 0 Å². The standard InChI is InChI=1S/C20H24N2O3/c1-13-7-9-19(25-5)17(10-13)21-20(24)12-22(16(4)23)18-11-14(2)6-8-15(18)3/h6-11H,12H2,1-5H3,(H,21,24). The van der Waals surface area contributed by atoms with E-state index in [9.17, 15) is 9.59 Å². The van der Waals surface area contributed by atoms with Gasteiger partial charge in [0, 0.05) is 12.6 Å². The minimum absolute atomic E-state index is 0.0588. The molecule has 0 radical (unpaired) electrons. The van der Waals surface area contributed by atoms with E-state index in [1.807, 2.05) is 51.1 Å². The van der Waals surface area contributed by atoms with Crippen molar-refractivity contribution in [3.05, 3.63) is 53.1 Å². The van der Waals surface area contributed by atoms with Crippen LogP contribution in [0.1, 0.15) is 23.6 Å². The van der Waals surface area contributed by atoms with Gasteiger partial charge in [0.05, 0.1) is 12.8 Å². The van der Waals surface area contributed by atoms with Crippen LogP contribution in [0.25, 0.3) is 0 Å². The molecular weight excluding hydrogens is 316 g/mol. The molecule has 5 heteroatoms. The van der Waals surface area contributed by atoms with Gasteiger partial charge in [0.15, 0.2) is 0 Å². The van der Waals surface area contributed by atoms with Crippen LogP contribution in [-0.4, -0.2) is 25.5 Å². The summed E-state index contributed by atoms with van der Waals surface area (Å²) in [4.78, 5) is 26.1. The average Bonchev–Trinajstić information content (AvgIpc) is 2.55. The molecular formula is C20H24N2O3. The summed E-state index contributed by atoms with van der Waals surface area (Å²) in [6.45, 7) is 7.22. The van der Waals surface area contributed by atoms with Crippen LogP contribution in [0.3, 0.4) is 0 Å². The molecule has 0 saturated carbocycles. The zero-order valence-electron chi connectivity index (χ0n) is 15.3.